The molecule has 2 amide bonds. The molecule has 0 saturated carbocycles. The second kappa shape index (κ2) is 5.75. The number of carbonyl (C=O) groups is 1. The van der Waals surface area contributed by atoms with Crippen LogP contribution in [0.5, 0.6) is 0 Å². The van der Waals surface area contributed by atoms with Crippen LogP contribution in [0.25, 0.3) is 0 Å². The van der Waals surface area contributed by atoms with Crippen molar-refractivity contribution in [3.63, 3.8) is 0 Å². The molecule has 4 heteroatoms. The van der Waals surface area contributed by atoms with E-state index in [4.69, 9.17) is 0 Å². The molecular weight excluding hydrogens is 192 g/mol. The minimum atomic E-state index is -0.333. The van der Waals surface area contributed by atoms with E-state index in [9.17, 15) is 9.90 Å². The number of amides is 2. The van der Waals surface area contributed by atoms with Crippen LogP contribution in [0.2, 0.25) is 0 Å². The van der Waals surface area contributed by atoms with Crippen LogP contribution in [0.1, 0.15) is 19.8 Å². The molecule has 4 nitrogen and oxygen atoms in total. The molecule has 2 N–H and O–H groups in total. The average molecular weight is 212 g/mol. The van der Waals surface area contributed by atoms with Crippen molar-refractivity contribution >= 4 is 6.03 Å². The van der Waals surface area contributed by atoms with Gasteiger partial charge >= 0.3 is 6.03 Å². The van der Waals surface area contributed by atoms with Crippen LogP contribution in [0.3, 0.4) is 0 Å². The summed E-state index contributed by atoms with van der Waals surface area (Å²) in [5.74, 6) is 0.216. The first kappa shape index (κ1) is 12.0. The van der Waals surface area contributed by atoms with Gasteiger partial charge in [-0.05, 0) is 19.8 Å². The fourth-order valence-corrected chi connectivity index (χ4v) is 1.86. The number of aliphatic hydroxyl groups is 1. The summed E-state index contributed by atoms with van der Waals surface area (Å²) in [7, 11) is 0. The van der Waals surface area contributed by atoms with E-state index in [2.05, 4.69) is 11.9 Å². The number of rotatable bonds is 3. The molecule has 2 unspecified atom stereocenters. The zero-order chi connectivity index (χ0) is 11.3. The fraction of sp³-hybridized carbons (Fsp3) is 0.727. The normalized spacial score (nSPS) is 23.3. The first-order valence-corrected chi connectivity index (χ1v) is 5.47. The molecule has 1 rings (SSSR count). The summed E-state index contributed by atoms with van der Waals surface area (Å²) in [6, 6.07) is -0.0553. The van der Waals surface area contributed by atoms with Gasteiger partial charge < -0.3 is 15.3 Å². The molecule has 1 heterocycles. The van der Waals surface area contributed by atoms with Crippen molar-refractivity contribution in [3.8, 4) is 0 Å². The van der Waals surface area contributed by atoms with Crippen molar-refractivity contribution in [1.29, 1.82) is 0 Å². The first-order valence-electron chi connectivity index (χ1n) is 5.47. The Hall–Kier alpha value is -1.03. The van der Waals surface area contributed by atoms with Gasteiger partial charge in [-0.15, -0.1) is 6.58 Å². The third-order valence-electron chi connectivity index (χ3n) is 2.82. The molecule has 1 saturated heterocycles. The zero-order valence-corrected chi connectivity index (χ0v) is 9.28. The summed E-state index contributed by atoms with van der Waals surface area (Å²) in [5.41, 5.74) is 0. The molecule has 15 heavy (non-hydrogen) atoms. The maximum atomic E-state index is 11.6. The molecule has 1 aliphatic heterocycles. The van der Waals surface area contributed by atoms with E-state index in [-0.39, 0.29) is 18.1 Å². The Labute approximate surface area is 91.0 Å². The van der Waals surface area contributed by atoms with Crippen LogP contribution in [0, 0.1) is 5.92 Å². The number of aliphatic hydroxyl groups excluding tert-OH is 1. The molecule has 0 aromatic rings. The second-order valence-corrected chi connectivity index (χ2v) is 4.06. The third kappa shape index (κ3) is 3.55. The van der Waals surface area contributed by atoms with Gasteiger partial charge in [0.25, 0.3) is 0 Å². The van der Waals surface area contributed by atoms with E-state index in [1.165, 1.54) is 0 Å². The van der Waals surface area contributed by atoms with Gasteiger partial charge in [-0.2, -0.15) is 0 Å². The molecule has 1 fully saturated rings. The topological polar surface area (TPSA) is 52.6 Å². The SMILES string of the molecule is C=CCNC(=O)N1CCCC(C(C)O)C1. The maximum absolute atomic E-state index is 11.6. The van der Waals surface area contributed by atoms with Crippen LogP contribution in [0.15, 0.2) is 12.7 Å². The van der Waals surface area contributed by atoms with Crippen molar-refractivity contribution in [2.24, 2.45) is 5.92 Å². The Morgan fingerprint density at radius 3 is 3.13 bits per heavy atom. The highest BCUT2D eigenvalue weighted by molar-refractivity contribution is 5.74. The van der Waals surface area contributed by atoms with Crippen molar-refractivity contribution in [3.05, 3.63) is 12.7 Å². The summed E-state index contributed by atoms with van der Waals surface area (Å²) < 4.78 is 0. The second-order valence-electron chi connectivity index (χ2n) is 4.06. The van der Waals surface area contributed by atoms with Gasteiger partial charge in [-0.3, -0.25) is 0 Å². The molecule has 0 radical (unpaired) electrons. The van der Waals surface area contributed by atoms with Gasteiger partial charge in [0.1, 0.15) is 0 Å². The Kier molecular flexibility index (Phi) is 4.62. The summed E-state index contributed by atoms with van der Waals surface area (Å²) >= 11 is 0. The van der Waals surface area contributed by atoms with E-state index in [0.29, 0.717) is 13.1 Å². The molecular formula is C11H20N2O2. The lowest BCUT2D eigenvalue weighted by Crippen LogP contribution is -2.47. The zero-order valence-electron chi connectivity index (χ0n) is 9.28. The quantitative estimate of drug-likeness (QED) is 0.685. The number of hydrogen-bond acceptors (Lipinski definition) is 2. The lowest BCUT2D eigenvalue weighted by atomic mass is 9.94. The molecule has 0 aromatic heterocycles. The molecule has 86 valence electrons. The van der Waals surface area contributed by atoms with Crippen LogP contribution < -0.4 is 5.32 Å². The summed E-state index contributed by atoms with van der Waals surface area (Å²) in [4.78, 5) is 13.4. The average Bonchev–Trinajstić information content (AvgIpc) is 2.26. The minimum absolute atomic E-state index is 0.0553. The number of nitrogens with one attached hydrogen (secondary N) is 1. The Morgan fingerprint density at radius 2 is 2.53 bits per heavy atom. The van der Waals surface area contributed by atoms with E-state index in [1.807, 2.05) is 0 Å². The smallest absolute Gasteiger partial charge is 0.317 e. The van der Waals surface area contributed by atoms with Gasteiger partial charge in [0, 0.05) is 25.6 Å². The Morgan fingerprint density at radius 1 is 1.80 bits per heavy atom. The largest absolute Gasteiger partial charge is 0.393 e. The van der Waals surface area contributed by atoms with Crippen molar-refractivity contribution in [2.75, 3.05) is 19.6 Å². The predicted octanol–water partition coefficient (Wildman–Crippen LogP) is 0.975. The number of piperidine rings is 1. The van der Waals surface area contributed by atoms with Gasteiger partial charge in [0.05, 0.1) is 6.10 Å². The first-order chi connectivity index (χ1) is 7.15. The van der Waals surface area contributed by atoms with E-state index in [1.54, 1.807) is 17.9 Å². The predicted molar refractivity (Wildman–Crippen MR) is 59.6 cm³/mol. The van der Waals surface area contributed by atoms with Gasteiger partial charge in [0.15, 0.2) is 0 Å². The van der Waals surface area contributed by atoms with Crippen molar-refractivity contribution in [1.82, 2.24) is 10.2 Å². The highest BCUT2D eigenvalue weighted by atomic mass is 16.3. The molecule has 0 aromatic carbocycles. The van der Waals surface area contributed by atoms with Gasteiger partial charge in [0.2, 0.25) is 0 Å². The summed E-state index contributed by atoms with van der Waals surface area (Å²) in [5, 5.41) is 12.2. The van der Waals surface area contributed by atoms with Gasteiger partial charge in [-0.25, -0.2) is 4.79 Å². The molecule has 1 aliphatic rings. The van der Waals surface area contributed by atoms with E-state index < -0.39 is 0 Å². The van der Waals surface area contributed by atoms with Gasteiger partial charge in [-0.1, -0.05) is 6.08 Å². The minimum Gasteiger partial charge on any atom is -0.393 e. The van der Waals surface area contributed by atoms with Crippen molar-refractivity contribution < 1.29 is 9.90 Å². The summed E-state index contributed by atoms with van der Waals surface area (Å²) in [6.07, 6.45) is 3.30. The molecule has 0 spiro atoms. The third-order valence-corrected chi connectivity index (χ3v) is 2.82. The number of nitrogens with zero attached hydrogens (tertiary/aromatic N) is 1. The number of hydrogen-bond donors (Lipinski definition) is 2. The highest BCUT2D eigenvalue weighted by Gasteiger charge is 2.25. The number of carbonyl (C=O) groups excluding carboxylic acids is 1. The Bertz CT molecular complexity index is 229. The lowest BCUT2D eigenvalue weighted by Gasteiger charge is -2.34. The van der Waals surface area contributed by atoms with Crippen LogP contribution in [0.4, 0.5) is 4.79 Å². The Balaban J connectivity index is 2.41. The maximum Gasteiger partial charge on any atom is 0.317 e. The molecule has 2 atom stereocenters. The van der Waals surface area contributed by atoms with Crippen LogP contribution in [-0.4, -0.2) is 41.8 Å². The number of urea groups is 1. The molecule has 0 aliphatic carbocycles. The monoisotopic (exact) mass is 212 g/mol. The highest BCUT2D eigenvalue weighted by Crippen LogP contribution is 2.19. The molecule has 0 bridgehead atoms. The standard InChI is InChI=1S/C11H20N2O2/c1-3-6-12-11(15)13-7-4-5-10(8-13)9(2)14/h3,9-10,14H,1,4-8H2,2H3,(H,12,15). The van der Waals surface area contributed by atoms with Crippen LogP contribution >= 0.6 is 0 Å². The van der Waals surface area contributed by atoms with E-state index >= 15 is 0 Å². The van der Waals surface area contributed by atoms with E-state index in [0.717, 1.165) is 19.4 Å². The summed E-state index contributed by atoms with van der Waals surface area (Å²) in [6.45, 7) is 7.27. The fourth-order valence-electron chi connectivity index (χ4n) is 1.86. The van der Waals surface area contributed by atoms with Crippen molar-refractivity contribution in [2.45, 2.75) is 25.9 Å². The van der Waals surface area contributed by atoms with Crippen LogP contribution in [-0.2, 0) is 0 Å². The number of likely N-dealkylation sites (tertiary alicyclic amines) is 1. The lowest BCUT2D eigenvalue weighted by molar-refractivity contribution is 0.0741.